The summed E-state index contributed by atoms with van der Waals surface area (Å²) in [6, 6.07) is 4.29. The molecule has 3 amide bonds. The number of halogens is 2. The molecule has 1 aliphatic rings. The van der Waals surface area contributed by atoms with E-state index in [4.69, 9.17) is 27.9 Å². The zero-order valence-electron chi connectivity index (χ0n) is 11.3. The number of rotatable bonds is 5. The second-order valence-corrected chi connectivity index (χ2v) is 5.53. The normalized spacial score (nSPS) is 16.6. The van der Waals surface area contributed by atoms with Crippen molar-refractivity contribution in [3.63, 3.8) is 0 Å². The average molecular weight is 333 g/mol. The number of urea groups is 1. The average Bonchev–Trinajstić information content (AvgIpc) is 2.66. The lowest BCUT2D eigenvalue weighted by Crippen LogP contribution is -2.40. The molecule has 1 aliphatic heterocycles. The minimum absolute atomic E-state index is 0.0204. The molecule has 1 aromatic rings. The number of likely N-dealkylation sites (N-methyl/N-ethyl adjacent to an activating group) is 1. The van der Waals surface area contributed by atoms with Gasteiger partial charge in [-0.15, -0.1) is 0 Å². The van der Waals surface area contributed by atoms with E-state index in [1.54, 1.807) is 12.1 Å². The highest BCUT2D eigenvalue weighted by atomic mass is 35.5. The molecular formula is C13H14Cl2N2O4. The van der Waals surface area contributed by atoms with Gasteiger partial charge in [0.25, 0.3) is 0 Å². The van der Waals surface area contributed by atoms with Crippen molar-refractivity contribution in [2.24, 2.45) is 0 Å². The quantitative estimate of drug-likeness (QED) is 0.832. The summed E-state index contributed by atoms with van der Waals surface area (Å²) in [5.74, 6) is -0.0123. The molecule has 1 N–H and O–H groups in total. The van der Waals surface area contributed by atoms with Crippen molar-refractivity contribution in [1.82, 2.24) is 9.80 Å². The Kier molecular flexibility index (Phi) is 4.92. The maximum absolute atomic E-state index is 11.7. The first-order chi connectivity index (χ1) is 9.88. The predicted octanol–water partition coefficient (Wildman–Crippen LogP) is 1.63. The van der Waals surface area contributed by atoms with Gasteiger partial charge in [0.05, 0.1) is 11.6 Å². The highest BCUT2D eigenvalue weighted by Gasteiger charge is 2.34. The highest BCUT2D eigenvalue weighted by molar-refractivity contribution is 6.34. The Balaban J connectivity index is 1.90. The molecular weight excluding hydrogens is 319 g/mol. The highest BCUT2D eigenvalue weighted by Crippen LogP contribution is 2.27. The molecule has 1 atom stereocenters. The van der Waals surface area contributed by atoms with Gasteiger partial charge in [-0.05, 0) is 12.1 Å². The molecule has 0 saturated carbocycles. The number of ether oxygens (including phenoxy) is 1. The summed E-state index contributed by atoms with van der Waals surface area (Å²) >= 11 is 11.7. The van der Waals surface area contributed by atoms with Crippen LogP contribution in [0.25, 0.3) is 0 Å². The SMILES string of the molecule is CN1CC(=O)N(C[C@H](O)COc2cc(Cl)ccc2Cl)C1=O. The molecule has 8 heteroatoms. The van der Waals surface area contributed by atoms with E-state index in [-0.39, 0.29) is 25.6 Å². The van der Waals surface area contributed by atoms with Gasteiger partial charge in [-0.25, -0.2) is 4.79 Å². The lowest BCUT2D eigenvalue weighted by Gasteiger charge is -2.19. The number of benzene rings is 1. The van der Waals surface area contributed by atoms with Crippen LogP contribution in [0.4, 0.5) is 4.79 Å². The number of β-amino-alcohol motifs (C(OH)–C–C–N with tert-alkyl or cyclic N) is 1. The first-order valence-corrected chi connectivity index (χ1v) is 6.95. The molecule has 0 bridgehead atoms. The van der Waals surface area contributed by atoms with Crippen LogP contribution < -0.4 is 4.74 Å². The fourth-order valence-corrected chi connectivity index (χ4v) is 2.22. The summed E-state index contributed by atoms with van der Waals surface area (Å²) in [6.45, 7) is -0.215. The summed E-state index contributed by atoms with van der Waals surface area (Å²) in [6.07, 6.45) is -1.01. The van der Waals surface area contributed by atoms with Crippen LogP contribution in [0.5, 0.6) is 5.75 Å². The van der Waals surface area contributed by atoms with Gasteiger partial charge >= 0.3 is 6.03 Å². The number of aliphatic hydroxyl groups is 1. The smallest absolute Gasteiger partial charge is 0.327 e. The summed E-state index contributed by atoms with van der Waals surface area (Å²) in [7, 11) is 1.52. The monoisotopic (exact) mass is 332 g/mol. The summed E-state index contributed by atoms with van der Waals surface area (Å²) in [5.41, 5.74) is 0. The standard InChI is InChI=1S/C13H14Cl2N2O4/c1-16-6-12(19)17(13(16)20)5-9(18)7-21-11-4-8(14)2-3-10(11)15/h2-4,9,18H,5-7H2,1H3/t9-/m0/s1. The largest absolute Gasteiger partial charge is 0.489 e. The third-order valence-corrected chi connectivity index (χ3v) is 3.50. The van der Waals surface area contributed by atoms with E-state index in [1.807, 2.05) is 0 Å². The van der Waals surface area contributed by atoms with Crippen molar-refractivity contribution < 1.29 is 19.4 Å². The number of aliphatic hydroxyl groups excluding tert-OH is 1. The topological polar surface area (TPSA) is 70.1 Å². The van der Waals surface area contributed by atoms with Crippen LogP contribution in [0.15, 0.2) is 18.2 Å². The van der Waals surface area contributed by atoms with Crippen LogP contribution in [0, 0.1) is 0 Å². The van der Waals surface area contributed by atoms with E-state index in [2.05, 4.69) is 0 Å². The molecule has 2 rings (SSSR count). The fourth-order valence-electron chi connectivity index (χ4n) is 1.89. The van der Waals surface area contributed by atoms with E-state index < -0.39 is 12.1 Å². The van der Waals surface area contributed by atoms with Crippen molar-refractivity contribution in [2.75, 3.05) is 26.7 Å². The van der Waals surface area contributed by atoms with Gasteiger partial charge in [-0.3, -0.25) is 9.69 Å². The fraction of sp³-hybridized carbons (Fsp3) is 0.385. The predicted molar refractivity (Wildman–Crippen MR) is 77.7 cm³/mol. The Labute approximate surface area is 131 Å². The Bertz CT molecular complexity index is 567. The van der Waals surface area contributed by atoms with Gasteiger partial charge in [0.2, 0.25) is 5.91 Å². The summed E-state index contributed by atoms with van der Waals surface area (Å²) in [4.78, 5) is 25.5. The van der Waals surface area contributed by atoms with Crippen molar-refractivity contribution in [3.8, 4) is 5.75 Å². The second kappa shape index (κ2) is 6.51. The van der Waals surface area contributed by atoms with Crippen LogP contribution in [0.2, 0.25) is 10.0 Å². The molecule has 6 nitrogen and oxygen atoms in total. The molecule has 1 heterocycles. The zero-order chi connectivity index (χ0) is 15.6. The third kappa shape index (κ3) is 3.78. The Morgan fingerprint density at radius 3 is 2.71 bits per heavy atom. The molecule has 0 unspecified atom stereocenters. The van der Waals surface area contributed by atoms with Gasteiger partial charge in [0, 0.05) is 18.1 Å². The maximum atomic E-state index is 11.7. The minimum Gasteiger partial charge on any atom is -0.489 e. The third-order valence-electron chi connectivity index (χ3n) is 2.95. The van der Waals surface area contributed by atoms with Crippen LogP contribution in [0.1, 0.15) is 0 Å². The van der Waals surface area contributed by atoms with Crippen LogP contribution in [-0.4, -0.2) is 59.7 Å². The number of carbonyl (C=O) groups excluding carboxylic acids is 2. The Hall–Kier alpha value is -1.50. The number of nitrogens with zero attached hydrogens (tertiary/aromatic N) is 2. The Morgan fingerprint density at radius 2 is 2.10 bits per heavy atom. The molecule has 1 aromatic carbocycles. The van der Waals surface area contributed by atoms with E-state index in [0.717, 1.165) is 4.90 Å². The summed E-state index contributed by atoms with van der Waals surface area (Å²) < 4.78 is 5.36. The molecule has 0 aromatic heterocycles. The minimum atomic E-state index is -1.01. The number of hydrogen-bond donors (Lipinski definition) is 1. The number of amides is 3. The molecule has 114 valence electrons. The van der Waals surface area contributed by atoms with Gasteiger partial charge in [0.15, 0.2) is 0 Å². The van der Waals surface area contributed by atoms with Crippen molar-refractivity contribution in [3.05, 3.63) is 28.2 Å². The van der Waals surface area contributed by atoms with Crippen LogP contribution in [0.3, 0.4) is 0 Å². The van der Waals surface area contributed by atoms with Crippen molar-refractivity contribution >= 4 is 35.1 Å². The van der Waals surface area contributed by atoms with E-state index >= 15 is 0 Å². The molecule has 21 heavy (non-hydrogen) atoms. The van der Waals surface area contributed by atoms with Gasteiger partial charge in [-0.1, -0.05) is 23.2 Å². The number of imide groups is 1. The van der Waals surface area contributed by atoms with E-state index in [1.165, 1.54) is 18.0 Å². The van der Waals surface area contributed by atoms with E-state index in [0.29, 0.717) is 15.8 Å². The molecule has 0 radical (unpaired) electrons. The molecule has 0 aliphatic carbocycles. The molecule has 0 spiro atoms. The lowest BCUT2D eigenvalue weighted by atomic mass is 10.3. The molecule has 1 saturated heterocycles. The molecule has 1 fully saturated rings. The zero-order valence-corrected chi connectivity index (χ0v) is 12.8. The first-order valence-electron chi connectivity index (χ1n) is 6.20. The Morgan fingerprint density at radius 1 is 1.38 bits per heavy atom. The number of hydrogen-bond acceptors (Lipinski definition) is 4. The van der Waals surface area contributed by atoms with Gasteiger partial charge < -0.3 is 14.7 Å². The summed E-state index contributed by atoms with van der Waals surface area (Å²) in [5, 5.41) is 10.7. The van der Waals surface area contributed by atoms with Crippen LogP contribution in [-0.2, 0) is 4.79 Å². The van der Waals surface area contributed by atoms with Crippen molar-refractivity contribution in [2.45, 2.75) is 6.10 Å². The second-order valence-electron chi connectivity index (χ2n) is 4.68. The lowest BCUT2D eigenvalue weighted by molar-refractivity contribution is -0.126. The first kappa shape index (κ1) is 15.9. The van der Waals surface area contributed by atoms with Gasteiger partial charge in [0.1, 0.15) is 25.0 Å². The van der Waals surface area contributed by atoms with Gasteiger partial charge in [-0.2, -0.15) is 0 Å². The van der Waals surface area contributed by atoms with E-state index in [9.17, 15) is 14.7 Å². The maximum Gasteiger partial charge on any atom is 0.327 e. The number of carbonyl (C=O) groups is 2. The van der Waals surface area contributed by atoms with Crippen molar-refractivity contribution in [1.29, 1.82) is 0 Å². The van der Waals surface area contributed by atoms with Crippen LogP contribution >= 0.6 is 23.2 Å².